The van der Waals surface area contributed by atoms with Crippen LogP contribution in [0.3, 0.4) is 0 Å². The Hall–Kier alpha value is -1.68. The summed E-state index contributed by atoms with van der Waals surface area (Å²) >= 11 is 0. The van der Waals surface area contributed by atoms with Crippen molar-refractivity contribution in [2.24, 2.45) is 11.1 Å². The Morgan fingerprint density at radius 3 is 2.38 bits per heavy atom. The minimum Gasteiger partial charge on any atom is -0.369 e. The summed E-state index contributed by atoms with van der Waals surface area (Å²) in [6.07, 6.45) is 0.724. The zero-order valence-electron chi connectivity index (χ0n) is 13.1. The Balaban J connectivity index is 1.98. The van der Waals surface area contributed by atoms with E-state index in [2.05, 4.69) is 13.8 Å². The van der Waals surface area contributed by atoms with Gasteiger partial charge >= 0.3 is 0 Å². The van der Waals surface area contributed by atoms with E-state index in [1.807, 2.05) is 36.1 Å². The number of Topliss-reactive ketones (excluding diaryl/α,β-unsaturated/α-hetero) is 1. The molecule has 1 aliphatic heterocycles. The predicted octanol–water partition coefficient (Wildman–Crippen LogP) is 2.19. The van der Waals surface area contributed by atoms with E-state index in [-0.39, 0.29) is 11.7 Å². The van der Waals surface area contributed by atoms with E-state index in [9.17, 15) is 9.59 Å². The second-order valence-corrected chi connectivity index (χ2v) is 6.59. The van der Waals surface area contributed by atoms with Gasteiger partial charge in [-0.3, -0.25) is 14.5 Å². The number of benzene rings is 1. The van der Waals surface area contributed by atoms with Gasteiger partial charge in [-0.1, -0.05) is 38.1 Å². The number of carbonyl (C=O) groups is 2. The molecule has 1 heterocycles. The molecule has 0 aromatic heterocycles. The molecule has 21 heavy (non-hydrogen) atoms. The molecule has 0 saturated carbocycles. The summed E-state index contributed by atoms with van der Waals surface area (Å²) in [5, 5.41) is 0. The van der Waals surface area contributed by atoms with Gasteiger partial charge < -0.3 is 5.73 Å². The monoisotopic (exact) mass is 288 g/mol. The summed E-state index contributed by atoms with van der Waals surface area (Å²) in [7, 11) is 0. The fraction of sp³-hybridized carbons (Fsp3) is 0.529. The van der Waals surface area contributed by atoms with Crippen LogP contribution in [0, 0.1) is 5.41 Å². The summed E-state index contributed by atoms with van der Waals surface area (Å²) in [4.78, 5) is 25.8. The number of amides is 1. The van der Waals surface area contributed by atoms with Crippen LogP contribution >= 0.6 is 0 Å². The highest BCUT2D eigenvalue weighted by molar-refractivity contribution is 5.97. The van der Waals surface area contributed by atoms with Crippen molar-refractivity contribution in [1.29, 1.82) is 0 Å². The molecule has 1 amide bonds. The van der Waals surface area contributed by atoms with Gasteiger partial charge in [0.2, 0.25) is 5.91 Å². The molecule has 0 radical (unpaired) electrons. The zero-order valence-corrected chi connectivity index (χ0v) is 13.1. The Labute approximate surface area is 126 Å². The molecular weight excluding hydrogens is 264 g/mol. The van der Waals surface area contributed by atoms with Crippen molar-refractivity contribution in [2.75, 3.05) is 19.6 Å². The lowest BCUT2D eigenvalue weighted by Crippen LogP contribution is -2.38. The largest absolute Gasteiger partial charge is 0.369 e. The van der Waals surface area contributed by atoms with E-state index in [1.165, 1.54) is 5.56 Å². The van der Waals surface area contributed by atoms with Crippen molar-refractivity contribution in [3.8, 4) is 0 Å². The predicted molar refractivity (Wildman–Crippen MR) is 83.2 cm³/mol. The normalized spacial score (nSPS) is 22.7. The molecule has 1 aromatic carbocycles. The molecule has 0 spiro atoms. The quantitative estimate of drug-likeness (QED) is 0.845. The standard InChI is InChI=1S/C17H24N2O2/c1-12(2)13-4-6-14(7-5-13)15(20)10-19-9-8-17(3,11-19)16(18)21/h4-7,12H,8-11H2,1-3H3,(H2,18,21). The van der Waals surface area contributed by atoms with Crippen LogP contribution in [0.15, 0.2) is 24.3 Å². The molecule has 114 valence electrons. The van der Waals surface area contributed by atoms with Gasteiger partial charge in [0.05, 0.1) is 12.0 Å². The van der Waals surface area contributed by atoms with Gasteiger partial charge in [-0.15, -0.1) is 0 Å². The fourth-order valence-corrected chi connectivity index (χ4v) is 2.74. The third-order valence-electron chi connectivity index (χ3n) is 4.41. The SMILES string of the molecule is CC(C)c1ccc(C(=O)CN2CCC(C)(C(N)=O)C2)cc1. The molecule has 4 nitrogen and oxygen atoms in total. The Morgan fingerprint density at radius 1 is 1.29 bits per heavy atom. The number of likely N-dealkylation sites (tertiary alicyclic amines) is 1. The average molecular weight is 288 g/mol. The molecule has 1 saturated heterocycles. The summed E-state index contributed by atoms with van der Waals surface area (Å²) in [6.45, 7) is 7.80. The van der Waals surface area contributed by atoms with Crippen LogP contribution in [0.25, 0.3) is 0 Å². The van der Waals surface area contributed by atoms with Crippen molar-refractivity contribution < 1.29 is 9.59 Å². The van der Waals surface area contributed by atoms with Crippen LogP contribution < -0.4 is 5.73 Å². The lowest BCUT2D eigenvalue weighted by Gasteiger charge is -2.20. The van der Waals surface area contributed by atoms with Crippen LogP contribution in [0.1, 0.15) is 49.0 Å². The smallest absolute Gasteiger partial charge is 0.224 e. The molecule has 2 rings (SSSR count). The first-order chi connectivity index (χ1) is 9.82. The summed E-state index contributed by atoms with van der Waals surface area (Å²) in [5.41, 5.74) is 6.89. The fourth-order valence-electron chi connectivity index (χ4n) is 2.74. The molecule has 4 heteroatoms. The topological polar surface area (TPSA) is 63.4 Å². The number of nitrogens with zero attached hydrogens (tertiary/aromatic N) is 1. The Kier molecular flexibility index (Phi) is 4.47. The van der Waals surface area contributed by atoms with Crippen LogP contribution in [-0.4, -0.2) is 36.2 Å². The van der Waals surface area contributed by atoms with E-state index < -0.39 is 5.41 Å². The second-order valence-electron chi connectivity index (χ2n) is 6.59. The first-order valence-electron chi connectivity index (χ1n) is 7.47. The molecule has 1 fully saturated rings. The van der Waals surface area contributed by atoms with Crippen molar-refractivity contribution in [2.45, 2.75) is 33.1 Å². The zero-order chi connectivity index (χ0) is 15.6. The van der Waals surface area contributed by atoms with Gasteiger partial charge in [0.1, 0.15) is 0 Å². The van der Waals surface area contributed by atoms with Crippen molar-refractivity contribution >= 4 is 11.7 Å². The van der Waals surface area contributed by atoms with E-state index >= 15 is 0 Å². The highest BCUT2D eigenvalue weighted by Gasteiger charge is 2.39. The molecule has 2 N–H and O–H groups in total. The molecule has 1 aliphatic rings. The first kappa shape index (κ1) is 15.7. The van der Waals surface area contributed by atoms with Crippen LogP contribution in [-0.2, 0) is 4.79 Å². The van der Waals surface area contributed by atoms with E-state index in [0.717, 1.165) is 18.5 Å². The highest BCUT2D eigenvalue weighted by atomic mass is 16.1. The minimum absolute atomic E-state index is 0.0963. The van der Waals surface area contributed by atoms with Crippen molar-refractivity contribution in [3.05, 3.63) is 35.4 Å². The summed E-state index contributed by atoms with van der Waals surface area (Å²) < 4.78 is 0. The lowest BCUT2D eigenvalue weighted by molar-refractivity contribution is -0.126. The summed E-state index contributed by atoms with van der Waals surface area (Å²) in [5.74, 6) is 0.279. The number of carbonyl (C=O) groups excluding carboxylic acids is 2. The maximum Gasteiger partial charge on any atom is 0.224 e. The molecule has 1 atom stereocenters. The van der Waals surface area contributed by atoms with Gasteiger partial charge in [0.15, 0.2) is 5.78 Å². The number of hydrogen-bond donors (Lipinski definition) is 1. The lowest BCUT2D eigenvalue weighted by atomic mass is 9.89. The highest BCUT2D eigenvalue weighted by Crippen LogP contribution is 2.29. The first-order valence-corrected chi connectivity index (χ1v) is 7.47. The van der Waals surface area contributed by atoms with Crippen LogP contribution in [0.2, 0.25) is 0 Å². The van der Waals surface area contributed by atoms with Gasteiger partial charge in [-0.2, -0.15) is 0 Å². The van der Waals surface area contributed by atoms with Gasteiger partial charge in [0.25, 0.3) is 0 Å². The number of ketones is 1. The molecule has 1 aromatic rings. The van der Waals surface area contributed by atoms with E-state index in [1.54, 1.807) is 0 Å². The third kappa shape index (κ3) is 3.50. The van der Waals surface area contributed by atoms with Crippen molar-refractivity contribution in [1.82, 2.24) is 4.90 Å². The molecule has 0 aliphatic carbocycles. The molecule has 1 unspecified atom stereocenters. The number of nitrogens with two attached hydrogens (primary N) is 1. The number of rotatable bonds is 5. The van der Waals surface area contributed by atoms with Crippen LogP contribution in [0.5, 0.6) is 0 Å². The van der Waals surface area contributed by atoms with E-state index in [4.69, 9.17) is 5.73 Å². The maximum absolute atomic E-state index is 12.3. The summed E-state index contributed by atoms with van der Waals surface area (Å²) in [6, 6.07) is 7.80. The third-order valence-corrected chi connectivity index (χ3v) is 4.41. The molecular formula is C17H24N2O2. The minimum atomic E-state index is -0.498. The maximum atomic E-state index is 12.3. The molecule has 0 bridgehead atoms. The average Bonchev–Trinajstić information content (AvgIpc) is 2.81. The van der Waals surface area contributed by atoms with Gasteiger partial charge in [-0.25, -0.2) is 0 Å². The van der Waals surface area contributed by atoms with Gasteiger partial charge in [0, 0.05) is 12.1 Å². The number of primary amides is 1. The van der Waals surface area contributed by atoms with Crippen molar-refractivity contribution in [3.63, 3.8) is 0 Å². The Bertz CT molecular complexity index is 536. The van der Waals surface area contributed by atoms with Gasteiger partial charge in [-0.05, 0) is 31.4 Å². The Morgan fingerprint density at radius 2 is 1.90 bits per heavy atom. The number of hydrogen-bond acceptors (Lipinski definition) is 3. The second kappa shape index (κ2) is 5.98. The van der Waals surface area contributed by atoms with E-state index in [0.29, 0.717) is 19.0 Å². The van der Waals surface area contributed by atoms with Crippen LogP contribution in [0.4, 0.5) is 0 Å².